The fraction of sp³-hybridized carbons (Fsp3) is 1.00. The molecule has 1 heterocycles. The molecule has 0 aromatic heterocycles. The molecule has 0 aromatic carbocycles. The lowest BCUT2D eigenvalue weighted by Crippen LogP contribution is -2.65. The molecule has 1 fully saturated rings. The van der Waals surface area contributed by atoms with Crippen molar-refractivity contribution in [2.24, 2.45) is 5.92 Å². The van der Waals surface area contributed by atoms with Gasteiger partial charge in [-0.3, -0.25) is 0 Å². The predicted molar refractivity (Wildman–Crippen MR) is 72.7 cm³/mol. The molecule has 1 aliphatic rings. The lowest BCUT2D eigenvalue weighted by atomic mass is 10.00. The summed E-state index contributed by atoms with van der Waals surface area (Å²) in [7, 11) is 3.04. The quantitative estimate of drug-likeness (QED) is 0.553. The Morgan fingerprint density at radius 2 is 1.88 bits per heavy atom. The molecule has 0 radical (unpaired) electrons. The summed E-state index contributed by atoms with van der Waals surface area (Å²) in [5.41, 5.74) is 0. The monoisotopic (exact) mass is 280 g/mol. The molecular weight excluding hydrogens is 256 g/mol. The highest BCUT2D eigenvalue weighted by atomic mass is 35.5. The summed E-state index contributed by atoms with van der Waals surface area (Å²) < 4.78 is 17.6. The van der Waals surface area contributed by atoms with Gasteiger partial charge in [-0.1, -0.05) is 19.8 Å². The van der Waals surface area contributed by atoms with Crippen LogP contribution in [0.1, 0.15) is 32.6 Å². The Balaban J connectivity index is 2.97. The summed E-state index contributed by atoms with van der Waals surface area (Å²) in [5.74, 6) is 1.08. The molecule has 3 nitrogen and oxygen atoms in total. The van der Waals surface area contributed by atoms with E-state index in [1.807, 2.05) is 0 Å². The van der Waals surface area contributed by atoms with Crippen molar-refractivity contribution < 1.29 is 13.6 Å². The number of rotatable bonds is 6. The van der Waals surface area contributed by atoms with E-state index in [9.17, 15) is 0 Å². The maximum absolute atomic E-state index is 5.95. The molecule has 1 saturated heterocycles. The molecule has 0 bridgehead atoms. The van der Waals surface area contributed by atoms with Crippen LogP contribution < -0.4 is 0 Å². The van der Waals surface area contributed by atoms with Gasteiger partial charge in [0.2, 0.25) is 0 Å². The predicted octanol–water partition coefficient (Wildman–Crippen LogP) is 3.09. The molecule has 0 amide bonds. The van der Waals surface area contributed by atoms with Crippen molar-refractivity contribution in [2.45, 2.75) is 43.9 Å². The second-order valence-electron chi connectivity index (χ2n) is 5.03. The van der Waals surface area contributed by atoms with Crippen molar-refractivity contribution in [1.29, 1.82) is 0 Å². The zero-order valence-electron chi connectivity index (χ0n) is 11.4. The zero-order valence-corrected chi connectivity index (χ0v) is 13.2. The Morgan fingerprint density at radius 1 is 1.24 bits per heavy atom. The van der Waals surface area contributed by atoms with E-state index in [1.54, 1.807) is 21.3 Å². The number of alkyl halides is 1. The van der Waals surface area contributed by atoms with Crippen LogP contribution in [-0.4, -0.2) is 41.0 Å². The van der Waals surface area contributed by atoms with E-state index < -0.39 is 8.56 Å². The van der Waals surface area contributed by atoms with Gasteiger partial charge in [-0.15, -0.1) is 11.6 Å². The highest BCUT2D eigenvalue weighted by molar-refractivity contribution is 6.70. The Hall–Kier alpha value is 0.387. The van der Waals surface area contributed by atoms with Gasteiger partial charge in [0.1, 0.15) is 5.22 Å². The Kier molecular flexibility index (Phi) is 5.93. The van der Waals surface area contributed by atoms with Crippen LogP contribution in [0.25, 0.3) is 0 Å². The van der Waals surface area contributed by atoms with Crippen LogP contribution in [0.3, 0.4) is 0 Å². The number of hydrogen-bond acceptors (Lipinski definition) is 3. The van der Waals surface area contributed by atoms with Gasteiger partial charge < -0.3 is 13.6 Å². The zero-order chi connectivity index (χ0) is 12.9. The molecule has 1 aliphatic heterocycles. The van der Waals surface area contributed by atoms with Crippen molar-refractivity contribution in [3.63, 3.8) is 0 Å². The van der Waals surface area contributed by atoms with E-state index in [0.717, 1.165) is 18.9 Å². The van der Waals surface area contributed by atoms with E-state index >= 15 is 0 Å². The van der Waals surface area contributed by atoms with Gasteiger partial charge in [0.15, 0.2) is 0 Å². The van der Waals surface area contributed by atoms with Crippen LogP contribution in [0.5, 0.6) is 0 Å². The Bertz CT molecular complexity index is 236. The first-order chi connectivity index (χ1) is 8.09. The minimum Gasteiger partial charge on any atom is -0.396 e. The number of hydrogen-bond donors (Lipinski definition) is 0. The Labute approximate surface area is 111 Å². The molecule has 1 rings (SSSR count). The number of ether oxygens (including phenoxy) is 1. The molecule has 2 atom stereocenters. The maximum Gasteiger partial charge on any atom is 0.370 e. The smallest absolute Gasteiger partial charge is 0.370 e. The molecule has 102 valence electrons. The van der Waals surface area contributed by atoms with Gasteiger partial charge >= 0.3 is 8.56 Å². The summed E-state index contributed by atoms with van der Waals surface area (Å²) in [6, 6.07) is 1.02. The summed E-state index contributed by atoms with van der Waals surface area (Å²) in [6.07, 6.45) is 4.32. The fourth-order valence-corrected chi connectivity index (χ4v) is 7.19. The van der Waals surface area contributed by atoms with Gasteiger partial charge in [-0.05, 0) is 24.8 Å². The average molecular weight is 281 g/mol. The normalized spacial score (nSPS) is 30.2. The fourth-order valence-electron chi connectivity index (χ4n) is 3.06. The first kappa shape index (κ1) is 15.4. The van der Waals surface area contributed by atoms with Gasteiger partial charge in [0.25, 0.3) is 0 Å². The summed E-state index contributed by atoms with van der Waals surface area (Å²) in [6.45, 7) is 2.16. The second kappa shape index (κ2) is 6.52. The van der Waals surface area contributed by atoms with Crippen LogP contribution in [-0.2, 0) is 13.6 Å². The molecule has 0 aromatic rings. The minimum absolute atomic E-state index is 0.233. The number of methoxy groups -OCH3 is 1. The number of halogens is 1. The largest absolute Gasteiger partial charge is 0.396 e. The van der Waals surface area contributed by atoms with Crippen LogP contribution in [0, 0.1) is 5.92 Å². The van der Waals surface area contributed by atoms with Crippen molar-refractivity contribution in [1.82, 2.24) is 0 Å². The molecular formula is C12H25ClO3Si. The van der Waals surface area contributed by atoms with Crippen molar-refractivity contribution >= 4 is 20.2 Å². The third-order valence-electron chi connectivity index (χ3n) is 4.02. The molecule has 17 heavy (non-hydrogen) atoms. The minimum atomic E-state index is -2.27. The van der Waals surface area contributed by atoms with Crippen molar-refractivity contribution in [3.8, 4) is 0 Å². The van der Waals surface area contributed by atoms with Crippen LogP contribution in [0.4, 0.5) is 0 Å². The van der Waals surface area contributed by atoms with Crippen molar-refractivity contribution in [3.05, 3.63) is 0 Å². The van der Waals surface area contributed by atoms with Gasteiger partial charge in [0, 0.05) is 27.2 Å². The summed E-state index contributed by atoms with van der Waals surface area (Å²) in [5, 5.41) is -0.233. The summed E-state index contributed by atoms with van der Waals surface area (Å²) in [4.78, 5) is 0. The van der Waals surface area contributed by atoms with Crippen LogP contribution in [0.15, 0.2) is 0 Å². The van der Waals surface area contributed by atoms with E-state index in [4.69, 9.17) is 25.2 Å². The van der Waals surface area contributed by atoms with E-state index in [-0.39, 0.29) is 5.22 Å². The van der Waals surface area contributed by atoms with Crippen molar-refractivity contribution in [2.75, 3.05) is 27.2 Å². The summed E-state index contributed by atoms with van der Waals surface area (Å²) >= 11 is 5.95. The lowest BCUT2D eigenvalue weighted by Gasteiger charge is -2.48. The molecule has 2 unspecified atom stereocenters. The molecule has 0 saturated carbocycles. The second-order valence-corrected chi connectivity index (χ2v) is 9.07. The van der Waals surface area contributed by atoms with Gasteiger partial charge in [-0.2, -0.15) is 0 Å². The topological polar surface area (TPSA) is 27.7 Å². The molecule has 0 aliphatic carbocycles. The SMILES string of the molecule is COC1(CC(C)CCl)CCCC[Si]1(OC)OC. The maximum atomic E-state index is 5.95. The lowest BCUT2D eigenvalue weighted by molar-refractivity contribution is -0.0219. The average Bonchev–Trinajstić information content (AvgIpc) is 2.39. The van der Waals surface area contributed by atoms with E-state index in [2.05, 4.69) is 6.92 Å². The first-order valence-electron chi connectivity index (χ1n) is 6.31. The van der Waals surface area contributed by atoms with Gasteiger partial charge in [-0.25, -0.2) is 0 Å². The highest BCUT2D eigenvalue weighted by Gasteiger charge is 2.59. The molecule has 0 N–H and O–H groups in total. The third kappa shape index (κ3) is 2.87. The standard InChI is InChI=1S/C12H25ClO3Si/c1-11(10-13)9-12(14-2)7-5-6-8-17(12,15-3)16-4/h11H,5-10H2,1-4H3. The third-order valence-corrected chi connectivity index (χ3v) is 8.93. The Morgan fingerprint density at radius 3 is 2.35 bits per heavy atom. The van der Waals surface area contributed by atoms with Gasteiger partial charge in [0.05, 0.1) is 0 Å². The van der Waals surface area contributed by atoms with Crippen LogP contribution in [0.2, 0.25) is 6.04 Å². The van der Waals surface area contributed by atoms with Crippen LogP contribution >= 0.6 is 11.6 Å². The first-order valence-corrected chi connectivity index (χ1v) is 8.87. The highest BCUT2D eigenvalue weighted by Crippen LogP contribution is 2.43. The van der Waals surface area contributed by atoms with E-state index in [1.165, 1.54) is 12.8 Å². The molecule has 5 heteroatoms. The molecule has 0 spiro atoms. The van der Waals surface area contributed by atoms with E-state index in [0.29, 0.717) is 11.8 Å².